The van der Waals surface area contributed by atoms with Crippen LogP contribution in [-0.2, 0) is 9.59 Å². The molecular formula is C29H42N10O2. The smallest absolute Gasteiger partial charge is 0.246 e. The highest BCUT2D eigenvalue weighted by molar-refractivity contribution is 5.92. The first-order valence-corrected chi connectivity index (χ1v) is 13.6. The molecule has 0 spiro atoms. The standard InChI is InChI=1S/C29H42N10O2/c1-7-14-32-27-22(19-35-29(37-27)36-24-17-23(18-30)26(31-3)34-20-24)12-9-8-10-15-33-28(41)21(2)39(6)25(40)13-11-16-38(4)5/h11,13,17-21,30H,7-8,10,14-16H2,1-6H3,(H,31,34)(H,33,41)(H2,32,35,36,37)/b13-11+,30-18?/t21-/m0/s1. The molecule has 0 bridgehead atoms. The Morgan fingerprint density at radius 3 is 2.61 bits per heavy atom. The third-order valence-electron chi connectivity index (χ3n) is 5.94. The molecule has 1 atom stereocenters. The van der Waals surface area contributed by atoms with Gasteiger partial charge in [0.1, 0.15) is 17.7 Å². The number of nitrogens with zero attached hydrogens (tertiary/aromatic N) is 5. The monoisotopic (exact) mass is 562 g/mol. The summed E-state index contributed by atoms with van der Waals surface area (Å²) in [5, 5.41) is 19.8. The average molecular weight is 563 g/mol. The third-order valence-corrected chi connectivity index (χ3v) is 5.94. The Labute approximate surface area is 242 Å². The number of hydrogen-bond donors (Lipinski definition) is 5. The van der Waals surface area contributed by atoms with Gasteiger partial charge in [0.2, 0.25) is 17.8 Å². The van der Waals surface area contributed by atoms with E-state index in [1.165, 1.54) is 17.2 Å². The average Bonchev–Trinajstić information content (AvgIpc) is 2.97. The molecule has 2 rings (SSSR count). The summed E-state index contributed by atoms with van der Waals surface area (Å²) in [5.41, 5.74) is 1.98. The molecule has 0 aliphatic rings. The Bertz CT molecular complexity index is 1270. The van der Waals surface area contributed by atoms with Crippen molar-refractivity contribution in [1.29, 1.82) is 5.41 Å². The molecule has 0 aliphatic heterocycles. The zero-order valence-electron chi connectivity index (χ0n) is 24.8. The van der Waals surface area contributed by atoms with Gasteiger partial charge in [-0.1, -0.05) is 24.8 Å². The van der Waals surface area contributed by atoms with Gasteiger partial charge < -0.3 is 36.5 Å². The van der Waals surface area contributed by atoms with Crippen molar-refractivity contribution in [3.63, 3.8) is 0 Å². The zero-order chi connectivity index (χ0) is 30.2. The fourth-order valence-corrected chi connectivity index (χ4v) is 3.45. The van der Waals surface area contributed by atoms with Crippen molar-refractivity contribution in [3.05, 3.63) is 41.7 Å². The number of pyridine rings is 1. The van der Waals surface area contributed by atoms with Crippen molar-refractivity contribution in [1.82, 2.24) is 30.1 Å². The lowest BCUT2D eigenvalue weighted by Crippen LogP contribution is -2.45. The van der Waals surface area contributed by atoms with Crippen LogP contribution in [0.2, 0.25) is 0 Å². The molecule has 5 N–H and O–H groups in total. The van der Waals surface area contributed by atoms with Crippen LogP contribution in [0, 0.1) is 17.3 Å². The van der Waals surface area contributed by atoms with E-state index in [9.17, 15) is 9.59 Å². The fraction of sp³-hybridized carbons (Fsp3) is 0.448. The molecule has 0 aliphatic carbocycles. The molecule has 0 aromatic carbocycles. The summed E-state index contributed by atoms with van der Waals surface area (Å²) < 4.78 is 0. The summed E-state index contributed by atoms with van der Waals surface area (Å²) in [6, 6.07) is 1.21. The minimum absolute atomic E-state index is 0.208. The van der Waals surface area contributed by atoms with Gasteiger partial charge in [0.15, 0.2) is 0 Å². The summed E-state index contributed by atoms with van der Waals surface area (Å²) in [5.74, 6) is 7.46. The van der Waals surface area contributed by atoms with E-state index in [0.717, 1.165) is 13.0 Å². The maximum Gasteiger partial charge on any atom is 0.246 e. The summed E-state index contributed by atoms with van der Waals surface area (Å²) in [4.78, 5) is 41.4. The molecule has 0 radical (unpaired) electrons. The molecule has 2 heterocycles. The molecule has 220 valence electrons. The molecular weight excluding hydrogens is 520 g/mol. The van der Waals surface area contributed by atoms with Crippen molar-refractivity contribution in [2.75, 3.05) is 63.8 Å². The van der Waals surface area contributed by atoms with Gasteiger partial charge in [0, 0.05) is 58.0 Å². The highest BCUT2D eigenvalue weighted by Crippen LogP contribution is 2.20. The second kappa shape index (κ2) is 17.2. The number of unbranched alkanes of at least 4 members (excludes halogenated alkanes) is 1. The maximum absolute atomic E-state index is 12.5. The van der Waals surface area contributed by atoms with Crippen LogP contribution in [0.25, 0.3) is 0 Å². The number of carbonyl (C=O) groups excluding carboxylic acids is 2. The molecule has 0 unspecified atom stereocenters. The van der Waals surface area contributed by atoms with Gasteiger partial charge in [-0.3, -0.25) is 9.59 Å². The number of hydrogen-bond acceptors (Lipinski definition) is 10. The molecule has 0 saturated heterocycles. The summed E-state index contributed by atoms with van der Waals surface area (Å²) >= 11 is 0. The van der Waals surface area contributed by atoms with Gasteiger partial charge in [-0.05, 0) is 39.9 Å². The van der Waals surface area contributed by atoms with E-state index in [4.69, 9.17) is 5.41 Å². The molecule has 0 saturated carbocycles. The minimum atomic E-state index is -0.581. The van der Waals surface area contributed by atoms with E-state index in [1.807, 2.05) is 19.0 Å². The number of amides is 2. The highest BCUT2D eigenvalue weighted by Gasteiger charge is 2.20. The van der Waals surface area contributed by atoms with Crippen molar-refractivity contribution in [3.8, 4) is 11.8 Å². The molecule has 12 heteroatoms. The molecule has 41 heavy (non-hydrogen) atoms. The van der Waals surface area contributed by atoms with Crippen LogP contribution in [-0.4, -0.2) is 96.6 Å². The summed E-state index contributed by atoms with van der Waals surface area (Å²) in [6.07, 6.45) is 9.95. The molecule has 2 aromatic rings. The molecule has 2 aromatic heterocycles. The second-order valence-electron chi connectivity index (χ2n) is 9.55. The van der Waals surface area contributed by atoms with Gasteiger partial charge >= 0.3 is 0 Å². The predicted octanol–water partition coefficient (Wildman–Crippen LogP) is 2.69. The van der Waals surface area contributed by atoms with Crippen molar-refractivity contribution in [2.45, 2.75) is 39.2 Å². The Kier molecular flexibility index (Phi) is 13.8. The fourth-order valence-electron chi connectivity index (χ4n) is 3.45. The number of aromatic nitrogens is 3. The first-order valence-electron chi connectivity index (χ1n) is 13.6. The van der Waals surface area contributed by atoms with E-state index in [1.54, 1.807) is 45.6 Å². The Balaban J connectivity index is 1.93. The predicted molar refractivity (Wildman–Crippen MR) is 165 cm³/mol. The first kappa shape index (κ1) is 32.7. The highest BCUT2D eigenvalue weighted by atomic mass is 16.2. The quantitative estimate of drug-likeness (QED) is 0.0955. The van der Waals surface area contributed by atoms with Gasteiger partial charge in [0.05, 0.1) is 23.6 Å². The Morgan fingerprint density at radius 2 is 1.93 bits per heavy atom. The van der Waals surface area contributed by atoms with Gasteiger partial charge in [0.25, 0.3) is 0 Å². The van der Waals surface area contributed by atoms with Crippen LogP contribution in [0.15, 0.2) is 30.6 Å². The van der Waals surface area contributed by atoms with E-state index in [2.05, 4.69) is 55.0 Å². The van der Waals surface area contributed by atoms with Crippen LogP contribution in [0.1, 0.15) is 44.2 Å². The molecule has 2 amide bonds. The maximum atomic E-state index is 12.5. The lowest BCUT2D eigenvalue weighted by atomic mass is 10.2. The van der Waals surface area contributed by atoms with Crippen molar-refractivity contribution < 1.29 is 9.59 Å². The SMILES string of the molecule is CCCNc1nc(Nc2cnc(NC)c(C=N)c2)ncc1C#CCCCNC(=O)[C@H](C)N(C)C(=O)/C=C/CN(C)C. The van der Waals surface area contributed by atoms with E-state index in [0.29, 0.717) is 60.3 Å². The zero-order valence-corrected chi connectivity index (χ0v) is 24.8. The normalized spacial score (nSPS) is 11.4. The number of likely N-dealkylation sites (N-methyl/N-ethyl adjacent to an activating group) is 2. The first-order chi connectivity index (χ1) is 19.7. The van der Waals surface area contributed by atoms with Gasteiger partial charge in [-0.2, -0.15) is 4.98 Å². The van der Waals surface area contributed by atoms with Crippen LogP contribution in [0.3, 0.4) is 0 Å². The van der Waals surface area contributed by atoms with Crippen molar-refractivity contribution >= 4 is 41.3 Å². The van der Waals surface area contributed by atoms with Crippen LogP contribution < -0.4 is 21.3 Å². The third kappa shape index (κ3) is 10.9. The summed E-state index contributed by atoms with van der Waals surface area (Å²) in [7, 11) is 7.21. The second-order valence-corrected chi connectivity index (χ2v) is 9.55. The van der Waals surface area contributed by atoms with Crippen molar-refractivity contribution in [2.24, 2.45) is 0 Å². The topological polar surface area (TPSA) is 151 Å². The number of carbonyl (C=O) groups is 2. The molecule has 0 fully saturated rings. The number of anilines is 4. The number of rotatable bonds is 15. The van der Waals surface area contributed by atoms with Crippen LogP contribution >= 0.6 is 0 Å². The largest absolute Gasteiger partial charge is 0.373 e. The molecule has 12 nitrogen and oxygen atoms in total. The van der Waals surface area contributed by atoms with E-state index >= 15 is 0 Å². The minimum Gasteiger partial charge on any atom is -0.373 e. The number of nitrogens with one attached hydrogen (secondary N) is 5. The van der Waals surface area contributed by atoms with Crippen LogP contribution in [0.5, 0.6) is 0 Å². The van der Waals surface area contributed by atoms with Crippen LogP contribution in [0.4, 0.5) is 23.3 Å². The van der Waals surface area contributed by atoms with Gasteiger partial charge in [-0.25, -0.2) is 9.97 Å². The van der Waals surface area contributed by atoms with Gasteiger partial charge in [-0.15, -0.1) is 0 Å². The summed E-state index contributed by atoms with van der Waals surface area (Å²) in [6.45, 7) is 5.61. The lowest BCUT2D eigenvalue weighted by molar-refractivity contribution is -0.135. The Hall–Kier alpha value is -4.50. The van der Waals surface area contributed by atoms with E-state index < -0.39 is 6.04 Å². The Morgan fingerprint density at radius 1 is 1.15 bits per heavy atom. The van der Waals surface area contributed by atoms with E-state index in [-0.39, 0.29) is 11.8 Å². The lowest BCUT2D eigenvalue weighted by Gasteiger charge is -2.23.